The van der Waals surface area contributed by atoms with Gasteiger partial charge in [0.2, 0.25) is 0 Å². The van der Waals surface area contributed by atoms with E-state index in [1.54, 1.807) is 6.07 Å². The van der Waals surface area contributed by atoms with E-state index in [0.717, 1.165) is 39.0 Å². The molecule has 20 heavy (non-hydrogen) atoms. The minimum Gasteiger partial charge on any atom is -0.478 e. The molecule has 5 nitrogen and oxygen atoms in total. The third kappa shape index (κ3) is 3.84. The van der Waals surface area contributed by atoms with Crippen molar-refractivity contribution in [2.75, 3.05) is 24.6 Å². The number of anilines is 1. The zero-order valence-corrected chi connectivity index (χ0v) is 12.3. The number of carboxylic acid groups (broad SMARTS) is 1. The van der Waals surface area contributed by atoms with Gasteiger partial charge < -0.3 is 14.7 Å². The van der Waals surface area contributed by atoms with E-state index in [4.69, 9.17) is 21.4 Å². The molecule has 0 aromatic carbocycles. The van der Waals surface area contributed by atoms with E-state index in [9.17, 15) is 4.79 Å². The minimum atomic E-state index is -0.994. The van der Waals surface area contributed by atoms with Crippen molar-refractivity contribution in [3.8, 4) is 0 Å². The largest absolute Gasteiger partial charge is 0.478 e. The van der Waals surface area contributed by atoms with Crippen LogP contribution in [0.1, 0.15) is 36.5 Å². The van der Waals surface area contributed by atoms with Crippen LogP contribution in [0, 0.1) is 0 Å². The van der Waals surface area contributed by atoms with E-state index in [-0.39, 0.29) is 16.8 Å². The van der Waals surface area contributed by atoms with Gasteiger partial charge in [-0.3, -0.25) is 0 Å². The van der Waals surface area contributed by atoms with Crippen molar-refractivity contribution in [3.05, 3.63) is 22.8 Å². The quantitative estimate of drug-likeness (QED) is 0.847. The number of aromatic carboxylic acids is 1. The molecule has 0 saturated carbocycles. The Bertz CT molecular complexity index is 481. The first-order chi connectivity index (χ1) is 9.60. The highest BCUT2D eigenvalue weighted by Gasteiger charge is 2.22. The molecule has 1 aliphatic rings. The number of aromatic nitrogens is 1. The van der Waals surface area contributed by atoms with Crippen LogP contribution in [-0.2, 0) is 4.74 Å². The summed E-state index contributed by atoms with van der Waals surface area (Å²) in [5.74, 6) is -0.383. The van der Waals surface area contributed by atoms with Gasteiger partial charge in [0.25, 0.3) is 0 Å². The Morgan fingerprint density at radius 1 is 1.60 bits per heavy atom. The fraction of sp³-hybridized carbons (Fsp3) is 0.571. The molecule has 1 saturated heterocycles. The van der Waals surface area contributed by atoms with Crippen LogP contribution in [0.3, 0.4) is 0 Å². The number of hydrogen-bond acceptors (Lipinski definition) is 4. The highest BCUT2D eigenvalue weighted by molar-refractivity contribution is 6.29. The number of carbonyl (C=O) groups is 1. The zero-order valence-electron chi connectivity index (χ0n) is 11.5. The standard InChI is InChI=1S/C14H19ClN2O3/c1-2-6-20-11-4-3-5-17(9-11)13-8-10(14(18)19)7-12(15)16-13/h7-8,11H,2-6,9H2,1H3,(H,18,19). The fourth-order valence-electron chi connectivity index (χ4n) is 2.34. The second-order valence-corrected chi connectivity index (χ2v) is 5.31. The van der Waals surface area contributed by atoms with Crippen LogP contribution in [0.15, 0.2) is 12.1 Å². The fourth-order valence-corrected chi connectivity index (χ4v) is 2.54. The highest BCUT2D eigenvalue weighted by Crippen LogP contribution is 2.23. The maximum Gasteiger partial charge on any atom is 0.335 e. The average Bonchev–Trinajstić information content (AvgIpc) is 2.44. The van der Waals surface area contributed by atoms with Gasteiger partial charge in [0.1, 0.15) is 11.0 Å². The molecule has 1 unspecified atom stereocenters. The Balaban J connectivity index is 2.12. The van der Waals surface area contributed by atoms with Crippen LogP contribution >= 0.6 is 11.6 Å². The van der Waals surface area contributed by atoms with E-state index < -0.39 is 5.97 Å². The van der Waals surface area contributed by atoms with Crippen molar-refractivity contribution in [1.82, 2.24) is 4.98 Å². The van der Waals surface area contributed by atoms with Crippen molar-refractivity contribution in [1.29, 1.82) is 0 Å². The molecular formula is C14H19ClN2O3. The molecule has 0 amide bonds. The number of pyridine rings is 1. The molecular weight excluding hydrogens is 280 g/mol. The lowest BCUT2D eigenvalue weighted by Crippen LogP contribution is -2.40. The third-order valence-electron chi connectivity index (χ3n) is 3.29. The van der Waals surface area contributed by atoms with Crippen molar-refractivity contribution in [2.24, 2.45) is 0 Å². The first kappa shape index (κ1) is 15.1. The predicted molar refractivity (Wildman–Crippen MR) is 77.7 cm³/mol. The molecule has 2 heterocycles. The van der Waals surface area contributed by atoms with E-state index in [2.05, 4.69) is 11.9 Å². The SMILES string of the molecule is CCCOC1CCCN(c2cc(C(=O)O)cc(Cl)n2)C1. The van der Waals surface area contributed by atoms with Gasteiger partial charge in [-0.25, -0.2) is 9.78 Å². The van der Waals surface area contributed by atoms with Crippen molar-refractivity contribution < 1.29 is 14.6 Å². The number of carboxylic acids is 1. The third-order valence-corrected chi connectivity index (χ3v) is 3.48. The van der Waals surface area contributed by atoms with Gasteiger partial charge in [0.15, 0.2) is 0 Å². The Labute approximate surface area is 123 Å². The molecule has 1 atom stereocenters. The monoisotopic (exact) mass is 298 g/mol. The molecule has 1 aliphatic heterocycles. The van der Waals surface area contributed by atoms with Crippen LogP contribution < -0.4 is 4.90 Å². The summed E-state index contributed by atoms with van der Waals surface area (Å²) in [6, 6.07) is 2.93. The molecule has 1 aromatic heterocycles. The smallest absolute Gasteiger partial charge is 0.335 e. The first-order valence-corrected chi connectivity index (χ1v) is 7.25. The van der Waals surface area contributed by atoms with Crippen molar-refractivity contribution in [2.45, 2.75) is 32.3 Å². The number of rotatable bonds is 5. The lowest BCUT2D eigenvalue weighted by molar-refractivity contribution is 0.0439. The van der Waals surface area contributed by atoms with E-state index in [1.165, 1.54) is 6.07 Å². The molecule has 0 bridgehead atoms. The summed E-state index contributed by atoms with van der Waals surface area (Å²) in [5, 5.41) is 9.28. The molecule has 0 spiro atoms. The Hall–Kier alpha value is -1.33. The number of piperidine rings is 1. The molecule has 6 heteroatoms. The van der Waals surface area contributed by atoms with Gasteiger partial charge >= 0.3 is 5.97 Å². The predicted octanol–water partition coefficient (Wildman–Crippen LogP) is 2.83. The van der Waals surface area contributed by atoms with E-state index >= 15 is 0 Å². The summed E-state index contributed by atoms with van der Waals surface area (Å²) in [6.45, 7) is 4.41. The summed E-state index contributed by atoms with van der Waals surface area (Å²) < 4.78 is 5.77. The van der Waals surface area contributed by atoms with Crippen LogP contribution in [0.5, 0.6) is 0 Å². The normalized spacial score (nSPS) is 19.1. The second-order valence-electron chi connectivity index (χ2n) is 4.92. The maximum absolute atomic E-state index is 11.1. The molecule has 1 aromatic rings. The second kappa shape index (κ2) is 6.90. The lowest BCUT2D eigenvalue weighted by Gasteiger charge is -2.33. The van der Waals surface area contributed by atoms with E-state index in [0.29, 0.717) is 5.82 Å². The molecule has 1 N–H and O–H groups in total. The van der Waals surface area contributed by atoms with Gasteiger partial charge in [-0.2, -0.15) is 0 Å². The minimum absolute atomic E-state index is 0.164. The van der Waals surface area contributed by atoms with Gasteiger partial charge in [0.05, 0.1) is 11.7 Å². The van der Waals surface area contributed by atoms with Gasteiger partial charge in [-0.1, -0.05) is 18.5 Å². The number of halogens is 1. The Kier molecular flexibility index (Phi) is 5.20. The lowest BCUT2D eigenvalue weighted by atomic mass is 10.1. The highest BCUT2D eigenvalue weighted by atomic mass is 35.5. The van der Waals surface area contributed by atoms with Crippen LogP contribution in [0.2, 0.25) is 5.15 Å². The Morgan fingerprint density at radius 2 is 2.40 bits per heavy atom. The molecule has 0 aliphatic carbocycles. The van der Waals surface area contributed by atoms with E-state index in [1.807, 2.05) is 4.90 Å². The van der Waals surface area contributed by atoms with Gasteiger partial charge in [-0.15, -0.1) is 0 Å². The topological polar surface area (TPSA) is 62.7 Å². The number of hydrogen-bond donors (Lipinski definition) is 1. The summed E-state index contributed by atoms with van der Waals surface area (Å²) in [7, 11) is 0. The summed E-state index contributed by atoms with van der Waals surface area (Å²) in [5.41, 5.74) is 0.164. The maximum atomic E-state index is 11.1. The molecule has 2 rings (SSSR count). The first-order valence-electron chi connectivity index (χ1n) is 6.87. The number of nitrogens with zero attached hydrogens (tertiary/aromatic N) is 2. The van der Waals surface area contributed by atoms with Crippen LogP contribution in [0.25, 0.3) is 0 Å². The molecule has 110 valence electrons. The summed E-state index contributed by atoms with van der Waals surface area (Å²) in [6.07, 6.45) is 3.21. The van der Waals surface area contributed by atoms with Gasteiger partial charge in [0, 0.05) is 19.7 Å². The van der Waals surface area contributed by atoms with Crippen molar-refractivity contribution in [3.63, 3.8) is 0 Å². The average molecular weight is 299 g/mol. The van der Waals surface area contributed by atoms with Gasteiger partial charge in [-0.05, 0) is 31.4 Å². The van der Waals surface area contributed by atoms with Crippen LogP contribution in [-0.4, -0.2) is 41.9 Å². The molecule has 0 radical (unpaired) electrons. The van der Waals surface area contributed by atoms with Crippen molar-refractivity contribution >= 4 is 23.4 Å². The summed E-state index contributed by atoms with van der Waals surface area (Å²) >= 11 is 5.90. The van der Waals surface area contributed by atoms with Crippen LogP contribution in [0.4, 0.5) is 5.82 Å². The number of ether oxygens (including phenoxy) is 1. The molecule has 1 fully saturated rings. The zero-order chi connectivity index (χ0) is 14.5. The summed E-state index contributed by atoms with van der Waals surface area (Å²) in [4.78, 5) is 17.3. The Morgan fingerprint density at radius 3 is 3.10 bits per heavy atom.